The van der Waals surface area contributed by atoms with Crippen LogP contribution in [-0.4, -0.2) is 30.1 Å². The van der Waals surface area contributed by atoms with Gasteiger partial charge in [0, 0.05) is 24.8 Å². The summed E-state index contributed by atoms with van der Waals surface area (Å²) in [6.07, 6.45) is 5.91. The minimum atomic E-state index is -0.515. The topological polar surface area (TPSA) is 70.7 Å². The summed E-state index contributed by atoms with van der Waals surface area (Å²) in [6, 6.07) is 6.73. The maximum Gasteiger partial charge on any atom is 0.427 e. The van der Waals surface area contributed by atoms with Gasteiger partial charge in [-0.2, -0.15) is 0 Å². The van der Waals surface area contributed by atoms with Gasteiger partial charge in [0.15, 0.2) is 0 Å². The van der Waals surface area contributed by atoms with Crippen molar-refractivity contribution in [2.75, 3.05) is 18.4 Å². The second kappa shape index (κ2) is 8.19. The number of ether oxygens (including phenoxy) is 1. The van der Waals surface area contributed by atoms with E-state index >= 15 is 0 Å². The van der Waals surface area contributed by atoms with E-state index in [2.05, 4.69) is 10.7 Å². The molecule has 1 aliphatic heterocycles. The molecule has 1 aromatic rings. The Morgan fingerprint density at radius 1 is 1.23 bits per heavy atom. The Labute approximate surface area is 130 Å². The van der Waals surface area contributed by atoms with Gasteiger partial charge in [0.2, 0.25) is 5.91 Å². The lowest BCUT2D eigenvalue weighted by Crippen LogP contribution is -2.46. The van der Waals surface area contributed by atoms with Crippen LogP contribution < -0.4 is 15.5 Å². The lowest BCUT2D eigenvalue weighted by atomic mass is 10.2. The molecule has 1 heterocycles. The lowest BCUT2D eigenvalue weighted by Gasteiger charge is -2.26. The van der Waals surface area contributed by atoms with E-state index in [1.165, 1.54) is 12.5 Å². The van der Waals surface area contributed by atoms with Crippen LogP contribution in [0.2, 0.25) is 0 Å². The maximum absolute atomic E-state index is 11.8. The van der Waals surface area contributed by atoms with Gasteiger partial charge in [-0.1, -0.05) is 18.6 Å². The molecule has 2 N–H and O–H groups in total. The normalized spacial score (nSPS) is 15.5. The van der Waals surface area contributed by atoms with Crippen LogP contribution in [0.3, 0.4) is 0 Å². The number of amides is 2. The summed E-state index contributed by atoms with van der Waals surface area (Å²) in [6.45, 7) is 3.45. The molecule has 2 amide bonds. The molecule has 0 saturated carbocycles. The molecular weight excluding hydrogens is 282 g/mol. The molecule has 2 rings (SSSR count). The molecule has 0 spiro atoms. The quantitative estimate of drug-likeness (QED) is 0.839. The number of carbonyl (C=O) groups is 2. The summed E-state index contributed by atoms with van der Waals surface area (Å²) in [5, 5.41) is 4.55. The van der Waals surface area contributed by atoms with E-state index in [-0.39, 0.29) is 5.91 Å². The number of anilines is 1. The molecule has 1 aliphatic rings. The molecule has 0 aliphatic carbocycles. The van der Waals surface area contributed by atoms with Crippen molar-refractivity contribution >= 4 is 17.7 Å². The average molecular weight is 303 g/mol. The van der Waals surface area contributed by atoms with Crippen molar-refractivity contribution in [3.05, 3.63) is 36.4 Å². The van der Waals surface area contributed by atoms with Crippen molar-refractivity contribution < 1.29 is 14.3 Å². The number of piperidine rings is 1. The van der Waals surface area contributed by atoms with Gasteiger partial charge in [-0.15, -0.1) is 0 Å². The molecule has 0 radical (unpaired) electrons. The molecule has 0 bridgehead atoms. The van der Waals surface area contributed by atoms with E-state index < -0.39 is 6.09 Å². The number of allylic oxidation sites excluding steroid dienone is 1. The van der Waals surface area contributed by atoms with Crippen molar-refractivity contribution in [2.45, 2.75) is 26.2 Å². The fraction of sp³-hybridized carbons (Fsp3) is 0.375. The molecule has 1 saturated heterocycles. The number of hydrogen-bond acceptors (Lipinski definition) is 4. The molecule has 0 atom stereocenters. The molecule has 6 nitrogen and oxygen atoms in total. The lowest BCUT2D eigenvalue weighted by molar-refractivity contribution is -0.111. The standard InChI is InChI=1S/C16H21N3O3/c1-2-7-15(20)17-13-8-6-9-14(12-13)22-16(21)18-19-10-4-3-5-11-19/h2,6-9,12H,3-5,10-11H2,1H3,(H,17,20)(H,18,21)/b7-2+. The summed E-state index contributed by atoms with van der Waals surface area (Å²) < 4.78 is 5.24. The van der Waals surface area contributed by atoms with Crippen LogP contribution in [-0.2, 0) is 4.79 Å². The molecule has 6 heteroatoms. The van der Waals surface area contributed by atoms with Crippen molar-refractivity contribution in [1.82, 2.24) is 10.4 Å². The molecule has 1 aromatic carbocycles. The number of carbonyl (C=O) groups excluding carboxylic acids is 2. The van der Waals surface area contributed by atoms with Gasteiger partial charge in [-0.3, -0.25) is 10.2 Å². The van der Waals surface area contributed by atoms with Crippen molar-refractivity contribution in [3.8, 4) is 5.75 Å². The second-order valence-electron chi connectivity index (χ2n) is 5.07. The third-order valence-corrected chi connectivity index (χ3v) is 3.24. The fourth-order valence-electron chi connectivity index (χ4n) is 2.24. The second-order valence-corrected chi connectivity index (χ2v) is 5.07. The summed E-state index contributed by atoms with van der Waals surface area (Å²) in [5.74, 6) is 0.158. The first-order chi connectivity index (χ1) is 10.7. The molecule has 1 fully saturated rings. The highest BCUT2D eigenvalue weighted by Crippen LogP contribution is 2.17. The van der Waals surface area contributed by atoms with Crippen molar-refractivity contribution in [1.29, 1.82) is 0 Å². The SMILES string of the molecule is C/C=C/C(=O)Nc1cccc(OC(=O)NN2CCCCC2)c1. The zero-order chi connectivity index (χ0) is 15.8. The zero-order valence-corrected chi connectivity index (χ0v) is 12.7. The van der Waals surface area contributed by atoms with Crippen LogP contribution in [0, 0.1) is 0 Å². The van der Waals surface area contributed by atoms with Gasteiger partial charge < -0.3 is 10.1 Å². The van der Waals surface area contributed by atoms with Crippen LogP contribution in [0.1, 0.15) is 26.2 Å². The van der Waals surface area contributed by atoms with E-state index in [1.54, 1.807) is 37.3 Å². The van der Waals surface area contributed by atoms with Gasteiger partial charge in [-0.25, -0.2) is 9.80 Å². The average Bonchev–Trinajstić information content (AvgIpc) is 2.48. The van der Waals surface area contributed by atoms with Gasteiger partial charge in [0.25, 0.3) is 0 Å². The number of benzene rings is 1. The number of nitrogens with zero attached hydrogens (tertiary/aromatic N) is 1. The first kappa shape index (κ1) is 16.0. The smallest absolute Gasteiger partial charge is 0.409 e. The molecule has 0 unspecified atom stereocenters. The predicted octanol–water partition coefficient (Wildman–Crippen LogP) is 2.69. The van der Waals surface area contributed by atoms with E-state index in [9.17, 15) is 9.59 Å². The van der Waals surface area contributed by atoms with Gasteiger partial charge >= 0.3 is 6.09 Å². The highest BCUT2D eigenvalue weighted by Gasteiger charge is 2.14. The minimum Gasteiger partial charge on any atom is -0.409 e. The number of hydrogen-bond donors (Lipinski definition) is 2. The van der Waals surface area contributed by atoms with E-state index in [4.69, 9.17) is 4.74 Å². The van der Waals surface area contributed by atoms with Gasteiger partial charge in [0.05, 0.1) is 0 Å². The molecular formula is C16H21N3O3. The van der Waals surface area contributed by atoms with Crippen LogP contribution in [0.4, 0.5) is 10.5 Å². The van der Waals surface area contributed by atoms with Gasteiger partial charge in [-0.05, 0) is 38.0 Å². The van der Waals surface area contributed by atoms with Crippen LogP contribution in [0.25, 0.3) is 0 Å². The highest BCUT2D eigenvalue weighted by molar-refractivity contribution is 5.99. The fourth-order valence-corrected chi connectivity index (χ4v) is 2.24. The number of rotatable bonds is 4. The Hall–Kier alpha value is -2.34. The van der Waals surface area contributed by atoms with Crippen molar-refractivity contribution in [2.24, 2.45) is 0 Å². The Kier molecular flexibility index (Phi) is 5.97. The Morgan fingerprint density at radius 3 is 2.73 bits per heavy atom. The van der Waals surface area contributed by atoms with E-state index in [1.807, 2.05) is 5.01 Å². The zero-order valence-electron chi connectivity index (χ0n) is 12.7. The summed E-state index contributed by atoms with van der Waals surface area (Å²) in [4.78, 5) is 23.3. The van der Waals surface area contributed by atoms with Crippen LogP contribution in [0.5, 0.6) is 5.75 Å². The van der Waals surface area contributed by atoms with Crippen LogP contribution >= 0.6 is 0 Å². The Balaban J connectivity index is 1.88. The first-order valence-electron chi connectivity index (χ1n) is 7.44. The van der Waals surface area contributed by atoms with Gasteiger partial charge in [0.1, 0.15) is 5.75 Å². The monoisotopic (exact) mass is 303 g/mol. The summed E-state index contributed by atoms with van der Waals surface area (Å²) in [7, 11) is 0. The van der Waals surface area contributed by atoms with E-state index in [0.29, 0.717) is 11.4 Å². The highest BCUT2D eigenvalue weighted by atomic mass is 16.6. The largest absolute Gasteiger partial charge is 0.427 e. The third kappa shape index (κ3) is 5.21. The van der Waals surface area contributed by atoms with E-state index in [0.717, 1.165) is 25.9 Å². The Morgan fingerprint density at radius 2 is 2.00 bits per heavy atom. The number of hydrazine groups is 1. The number of nitrogens with one attached hydrogen (secondary N) is 2. The predicted molar refractivity (Wildman–Crippen MR) is 84.5 cm³/mol. The Bertz CT molecular complexity index is 551. The first-order valence-corrected chi connectivity index (χ1v) is 7.44. The minimum absolute atomic E-state index is 0.225. The molecule has 0 aromatic heterocycles. The molecule has 118 valence electrons. The maximum atomic E-state index is 11.8. The summed E-state index contributed by atoms with van der Waals surface area (Å²) in [5.41, 5.74) is 3.30. The summed E-state index contributed by atoms with van der Waals surface area (Å²) >= 11 is 0. The molecule has 22 heavy (non-hydrogen) atoms. The van der Waals surface area contributed by atoms with Crippen molar-refractivity contribution in [3.63, 3.8) is 0 Å². The van der Waals surface area contributed by atoms with Crippen LogP contribution in [0.15, 0.2) is 36.4 Å². The third-order valence-electron chi connectivity index (χ3n) is 3.24.